The van der Waals surface area contributed by atoms with Gasteiger partial charge < -0.3 is 33.8 Å². The maximum Gasteiger partial charge on any atom is 0.472 e. The Morgan fingerprint density at radius 3 is 0.769 bits per heavy atom. The molecule has 0 aromatic rings. The van der Waals surface area contributed by atoms with E-state index in [0.717, 1.165) is 205 Å². The van der Waals surface area contributed by atoms with E-state index in [9.17, 15) is 43.2 Å². The minimum atomic E-state index is -4.99. The van der Waals surface area contributed by atoms with E-state index in [4.69, 9.17) is 37.0 Å². The normalized spacial score (nSPS) is 14.6. The molecule has 0 aromatic heterocycles. The number of hydrogen-bond acceptors (Lipinski definition) is 15. The lowest BCUT2D eigenvalue weighted by atomic mass is 10.1. The van der Waals surface area contributed by atoms with E-state index in [2.05, 4.69) is 161 Å². The predicted molar refractivity (Wildman–Crippen MR) is 427 cm³/mol. The number of phosphoric acid groups is 2. The Kier molecular flexibility index (Phi) is 72.9. The van der Waals surface area contributed by atoms with Gasteiger partial charge in [0.1, 0.15) is 19.3 Å². The molecule has 104 heavy (non-hydrogen) atoms. The summed E-state index contributed by atoms with van der Waals surface area (Å²) >= 11 is 0. The molecule has 0 heterocycles. The highest BCUT2D eigenvalue weighted by Gasteiger charge is 2.30. The Bertz CT molecular complexity index is 2490. The maximum absolute atomic E-state index is 13.1. The number of phosphoric ester groups is 2. The van der Waals surface area contributed by atoms with Crippen LogP contribution in [-0.4, -0.2) is 96.7 Å². The van der Waals surface area contributed by atoms with Crippen LogP contribution in [0, 0.1) is 0 Å². The van der Waals surface area contributed by atoms with Crippen LogP contribution in [0.2, 0.25) is 0 Å². The zero-order valence-electron chi connectivity index (χ0n) is 65.2. The zero-order chi connectivity index (χ0) is 76.0. The fourth-order valence-corrected chi connectivity index (χ4v) is 12.0. The molecule has 5 atom stereocenters. The third-order valence-corrected chi connectivity index (χ3v) is 18.5. The minimum Gasteiger partial charge on any atom is -0.462 e. The van der Waals surface area contributed by atoms with Crippen molar-refractivity contribution >= 4 is 39.5 Å². The summed E-state index contributed by atoms with van der Waals surface area (Å²) in [7, 11) is -9.98. The molecule has 0 aliphatic heterocycles. The molecule has 0 aromatic carbocycles. The molecule has 0 aliphatic rings. The van der Waals surface area contributed by atoms with Crippen LogP contribution < -0.4 is 0 Å². The van der Waals surface area contributed by atoms with E-state index in [1.807, 2.05) is 0 Å². The highest BCUT2D eigenvalue weighted by Crippen LogP contribution is 2.45. The van der Waals surface area contributed by atoms with E-state index in [-0.39, 0.29) is 25.7 Å². The summed E-state index contributed by atoms with van der Waals surface area (Å²) in [5.41, 5.74) is 0. The molecule has 0 saturated heterocycles. The van der Waals surface area contributed by atoms with Gasteiger partial charge in [0.25, 0.3) is 0 Å². The summed E-state index contributed by atoms with van der Waals surface area (Å²) in [4.78, 5) is 73.1. The second-order valence-electron chi connectivity index (χ2n) is 26.6. The number of hydrogen-bond donors (Lipinski definition) is 3. The summed E-state index contributed by atoms with van der Waals surface area (Å²) in [5.74, 6) is -2.24. The van der Waals surface area contributed by atoms with Gasteiger partial charge in [-0.25, -0.2) is 9.13 Å². The largest absolute Gasteiger partial charge is 0.472 e. The first-order chi connectivity index (χ1) is 50.7. The number of unbranched alkanes of at least 4 members (excludes halogenated alkanes) is 27. The second kappa shape index (κ2) is 76.4. The van der Waals surface area contributed by atoms with Crippen molar-refractivity contribution < 1.29 is 80.2 Å². The molecular formula is C85H144O17P2. The van der Waals surface area contributed by atoms with Crippen molar-refractivity contribution in [2.45, 2.75) is 341 Å². The maximum atomic E-state index is 13.1. The van der Waals surface area contributed by atoms with Crippen molar-refractivity contribution in [2.24, 2.45) is 0 Å². The average Bonchev–Trinajstić information content (AvgIpc) is 0.912. The number of esters is 4. The molecule has 17 nitrogen and oxygen atoms in total. The van der Waals surface area contributed by atoms with Crippen molar-refractivity contribution in [3.05, 3.63) is 134 Å². The van der Waals surface area contributed by atoms with Crippen molar-refractivity contribution in [3.63, 3.8) is 0 Å². The highest BCUT2D eigenvalue weighted by molar-refractivity contribution is 7.47. The van der Waals surface area contributed by atoms with Crippen LogP contribution in [0.3, 0.4) is 0 Å². The number of rotatable bonds is 75. The SMILES string of the molecule is CC/C=C\C/C=C\C/C=C\CCCCCCCC(=O)OCC(COP(=O)(O)OCC(O)COP(=O)(O)OCC(COC(=O)CCCCCCCC/C=C\C/C=C\C/C=C\CCCCC)OC(=O)CCCCCCC/C=C\C/C=C\C/C=C\CC)OC(=O)CCCCCCC/C=C\C/C=C\CCCCC. The molecule has 0 saturated carbocycles. The fourth-order valence-electron chi connectivity index (χ4n) is 10.5. The first-order valence-corrected chi connectivity index (χ1v) is 43.4. The molecule has 0 amide bonds. The van der Waals surface area contributed by atoms with E-state index < -0.39 is 97.5 Å². The number of aliphatic hydroxyl groups excluding tert-OH is 1. The van der Waals surface area contributed by atoms with Crippen molar-refractivity contribution in [3.8, 4) is 0 Å². The second-order valence-corrected chi connectivity index (χ2v) is 29.5. The van der Waals surface area contributed by atoms with Crippen LogP contribution >= 0.6 is 15.6 Å². The number of aliphatic hydroxyl groups is 1. The molecule has 19 heteroatoms. The summed E-state index contributed by atoms with van der Waals surface area (Å²) < 4.78 is 68.6. The first kappa shape index (κ1) is 99.2. The van der Waals surface area contributed by atoms with Gasteiger partial charge in [-0.05, 0) is 161 Å². The number of carbonyl (C=O) groups excluding carboxylic acids is 4. The Morgan fingerprint density at radius 2 is 0.500 bits per heavy atom. The molecular weight excluding hydrogens is 1350 g/mol. The summed E-state index contributed by atoms with van der Waals surface area (Å²) in [5, 5.41) is 10.6. The lowest BCUT2D eigenvalue weighted by Crippen LogP contribution is -2.30. The van der Waals surface area contributed by atoms with E-state index >= 15 is 0 Å². The lowest BCUT2D eigenvalue weighted by Gasteiger charge is -2.21. The molecule has 0 aliphatic carbocycles. The number of allylic oxidation sites excluding steroid dienone is 22. The smallest absolute Gasteiger partial charge is 0.462 e. The summed E-state index contributed by atoms with van der Waals surface area (Å²) in [6.45, 7) is 4.54. The third-order valence-electron chi connectivity index (χ3n) is 16.6. The van der Waals surface area contributed by atoms with E-state index in [1.165, 1.54) is 38.5 Å². The lowest BCUT2D eigenvalue weighted by molar-refractivity contribution is -0.161. The van der Waals surface area contributed by atoms with Crippen LogP contribution in [0.1, 0.15) is 323 Å². The van der Waals surface area contributed by atoms with Crippen molar-refractivity contribution in [2.75, 3.05) is 39.6 Å². The number of ether oxygens (including phenoxy) is 4. The standard InChI is InChI=1S/C85H144O17P2/c1-5-9-13-17-21-25-29-33-37-38-39-40-44-46-50-54-58-62-66-70-83(88)96-76-81(102-85(90)72-68-64-60-56-52-48-43-36-32-28-24-20-16-12-8-4)78-100-104(93,94)98-74-79(86)73-97-103(91,92)99-77-80(101-84(89)71-67-63-59-55-51-47-42-35-31-27-23-19-15-11-7-3)75-95-82(87)69-65-61-57-53-49-45-41-34-30-26-22-18-14-10-6-2/h10,12,14,16,21-28,33-37,39-43,79-81,86H,5-9,11,13,15,17-20,29-32,38,44-78H2,1-4H3,(H,91,92)(H,93,94)/b14-10-,16-12-,25-21-,26-22-,27-23-,28-24-,37-33-,40-39-,41-34-,42-35-,43-36-. The molecule has 0 radical (unpaired) electrons. The molecule has 0 fully saturated rings. The van der Waals surface area contributed by atoms with Crippen LogP contribution in [0.4, 0.5) is 0 Å². The van der Waals surface area contributed by atoms with Gasteiger partial charge in [-0.1, -0.05) is 271 Å². The predicted octanol–water partition coefficient (Wildman–Crippen LogP) is 23.7. The van der Waals surface area contributed by atoms with Crippen LogP contribution in [0.25, 0.3) is 0 Å². The van der Waals surface area contributed by atoms with Crippen molar-refractivity contribution in [1.82, 2.24) is 0 Å². The number of carbonyl (C=O) groups is 4. The zero-order valence-corrected chi connectivity index (χ0v) is 66.9. The molecule has 0 spiro atoms. The molecule has 3 N–H and O–H groups in total. The van der Waals surface area contributed by atoms with Crippen LogP contribution in [0.5, 0.6) is 0 Å². The molecule has 596 valence electrons. The van der Waals surface area contributed by atoms with Crippen molar-refractivity contribution in [1.29, 1.82) is 0 Å². The van der Waals surface area contributed by atoms with E-state index in [0.29, 0.717) is 25.7 Å². The molecule has 0 bridgehead atoms. The summed E-state index contributed by atoms with van der Waals surface area (Å²) in [6.07, 6.45) is 85.6. The fraction of sp³-hybridized carbons (Fsp3) is 0.694. The van der Waals surface area contributed by atoms with Gasteiger partial charge in [-0.15, -0.1) is 0 Å². The Labute approximate surface area is 631 Å². The highest BCUT2D eigenvalue weighted by atomic mass is 31.2. The topological polar surface area (TPSA) is 237 Å². The van der Waals surface area contributed by atoms with E-state index in [1.54, 1.807) is 0 Å². The Balaban J connectivity index is 5.40. The van der Waals surface area contributed by atoms with Gasteiger partial charge >= 0.3 is 39.5 Å². The molecule has 5 unspecified atom stereocenters. The Hall–Kier alpha value is -4.80. The average molecular weight is 1500 g/mol. The third kappa shape index (κ3) is 75.4. The van der Waals surface area contributed by atoms with Gasteiger partial charge in [0, 0.05) is 25.7 Å². The first-order valence-electron chi connectivity index (χ1n) is 40.4. The minimum absolute atomic E-state index is 0.0690. The Morgan fingerprint density at radius 1 is 0.279 bits per heavy atom. The van der Waals surface area contributed by atoms with Crippen LogP contribution in [-0.2, 0) is 65.4 Å². The van der Waals surface area contributed by atoms with Gasteiger partial charge in [0.2, 0.25) is 0 Å². The monoisotopic (exact) mass is 1500 g/mol. The quantitative estimate of drug-likeness (QED) is 0.0169. The summed E-state index contributed by atoms with van der Waals surface area (Å²) in [6, 6.07) is 0. The van der Waals surface area contributed by atoms with Gasteiger partial charge in [0.15, 0.2) is 12.2 Å². The van der Waals surface area contributed by atoms with Crippen LogP contribution in [0.15, 0.2) is 134 Å². The van der Waals surface area contributed by atoms with Gasteiger partial charge in [0.05, 0.1) is 26.4 Å². The van der Waals surface area contributed by atoms with Gasteiger partial charge in [-0.3, -0.25) is 37.3 Å². The molecule has 0 rings (SSSR count). The van der Waals surface area contributed by atoms with Gasteiger partial charge in [-0.2, -0.15) is 0 Å².